The van der Waals surface area contributed by atoms with Crippen LogP contribution in [0.5, 0.6) is 0 Å². The number of halogens is 1. The molecule has 0 aliphatic carbocycles. The van der Waals surface area contributed by atoms with Crippen LogP contribution in [-0.2, 0) is 11.2 Å². The third kappa shape index (κ3) is 3.40. The Hall–Kier alpha value is -1.69. The van der Waals surface area contributed by atoms with Crippen molar-refractivity contribution < 1.29 is 9.32 Å². The molecule has 0 saturated heterocycles. The second-order valence-corrected chi connectivity index (χ2v) is 4.80. The fourth-order valence-corrected chi connectivity index (χ4v) is 2.01. The van der Waals surface area contributed by atoms with E-state index in [1.165, 1.54) is 6.39 Å². The van der Waals surface area contributed by atoms with Gasteiger partial charge in [0.15, 0.2) is 5.82 Å². The van der Waals surface area contributed by atoms with Crippen LogP contribution in [-0.4, -0.2) is 16.0 Å². The van der Waals surface area contributed by atoms with Gasteiger partial charge in [-0.2, -0.15) is 4.98 Å². The Morgan fingerprint density at radius 1 is 1.56 bits per heavy atom. The van der Waals surface area contributed by atoms with Crippen LogP contribution in [0.2, 0.25) is 0 Å². The van der Waals surface area contributed by atoms with Gasteiger partial charge in [0.2, 0.25) is 12.3 Å². The molecule has 6 heteroatoms. The minimum atomic E-state index is -0.261. The van der Waals surface area contributed by atoms with Gasteiger partial charge in [-0.1, -0.05) is 33.2 Å². The maximum atomic E-state index is 11.8. The van der Waals surface area contributed by atoms with Gasteiger partial charge in [0.1, 0.15) is 0 Å². The van der Waals surface area contributed by atoms with Crippen LogP contribution in [0, 0.1) is 0 Å². The number of hydrogen-bond acceptors (Lipinski definition) is 4. The van der Waals surface area contributed by atoms with E-state index in [4.69, 9.17) is 0 Å². The molecule has 0 fully saturated rings. The van der Waals surface area contributed by atoms with Gasteiger partial charge in [-0.05, 0) is 24.6 Å². The van der Waals surface area contributed by atoms with E-state index in [-0.39, 0.29) is 11.9 Å². The molecule has 0 saturated carbocycles. The molecule has 0 bridgehead atoms. The molecule has 1 N–H and O–H groups in total. The zero-order valence-corrected chi connectivity index (χ0v) is 11.3. The molecule has 1 amide bonds. The molecule has 0 unspecified atom stereocenters. The van der Waals surface area contributed by atoms with Crippen molar-refractivity contribution in [2.75, 3.05) is 0 Å². The lowest BCUT2D eigenvalue weighted by Gasteiger charge is -2.10. The fraction of sp³-hybridized carbons (Fsp3) is 0.250. The molecule has 1 aromatic heterocycles. The average molecular weight is 310 g/mol. The standard InChI is InChI=1S/C12H12BrN3O2/c1-8(12-14-7-18-16-12)15-11(17)6-9-3-2-4-10(13)5-9/h2-5,7-8H,6H2,1H3,(H,15,17)/t8-/m1/s1. The summed E-state index contributed by atoms with van der Waals surface area (Å²) in [6, 6.07) is 7.38. The number of nitrogens with zero attached hydrogens (tertiary/aromatic N) is 2. The molecule has 2 rings (SSSR count). The minimum absolute atomic E-state index is 0.0783. The van der Waals surface area contributed by atoms with Gasteiger partial charge in [-0.3, -0.25) is 4.79 Å². The van der Waals surface area contributed by atoms with Crippen LogP contribution in [0.1, 0.15) is 24.4 Å². The second kappa shape index (κ2) is 5.77. The first kappa shape index (κ1) is 12.8. The van der Waals surface area contributed by atoms with E-state index in [0.717, 1.165) is 10.0 Å². The first-order valence-corrected chi connectivity index (χ1v) is 6.24. The summed E-state index contributed by atoms with van der Waals surface area (Å²) in [5, 5.41) is 6.49. The van der Waals surface area contributed by atoms with E-state index in [1.54, 1.807) is 0 Å². The Morgan fingerprint density at radius 3 is 3.06 bits per heavy atom. The molecule has 1 aromatic carbocycles. The van der Waals surface area contributed by atoms with Crippen LogP contribution >= 0.6 is 15.9 Å². The SMILES string of the molecule is C[C@@H](NC(=O)Cc1cccc(Br)c1)c1ncon1. The molecule has 5 nitrogen and oxygen atoms in total. The van der Waals surface area contributed by atoms with E-state index in [9.17, 15) is 4.79 Å². The molecular weight excluding hydrogens is 298 g/mol. The lowest BCUT2D eigenvalue weighted by atomic mass is 10.1. The Morgan fingerprint density at radius 2 is 2.39 bits per heavy atom. The van der Waals surface area contributed by atoms with Crippen molar-refractivity contribution in [2.45, 2.75) is 19.4 Å². The molecule has 18 heavy (non-hydrogen) atoms. The lowest BCUT2D eigenvalue weighted by Crippen LogP contribution is -2.28. The van der Waals surface area contributed by atoms with Crippen LogP contribution in [0.15, 0.2) is 39.7 Å². The van der Waals surface area contributed by atoms with Crippen molar-refractivity contribution in [1.82, 2.24) is 15.5 Å². The van der Waals surface area contributed by atoms with Gasteiger partial charge < -0.3 is 9.84 Å². The normalized spacial score (nSPS) is 12.1. The highest BCUT2D eigenvalue weighted by molar-refractivity contribution is 9.10. The molecule has 0 aliphatic rings. The molecule has 94 valence electrons. The summed E-state index contributed by atoms with van der Waals surface area (Å²) in [6.45, 7) is 1.81. The van der Waals surface area contributed by atoms with Crippen molar-refractivity contribution in [1.29, 1.82) is 0 Å². The van der Waals surface area contributed by atoms with Gasteiger partial charge in [-0.15, -0.1) is 0 Å². The van der Waals surface area contributed by atoms with E-state index in [0.29, 0.717) is 12.2 Å². The Bertz CT molecular complexity index is 528. The molecule has 1 atom stereocenters. The zero-order valence-electron chi connectivity index (χ0n) is 9.76. The number of benzene rings is 1. The van der Waals surface area contributed by atoms with Crippen molar-refractivity contribution in [3.8, 4) is 0 Å². The first-order chi connectivity index (χ1) is 8.65. The number of aromatic nitrogens is 2. The zero-order chi connectivity index (χ0) is 13.0. The first-order valence-electron chi connectivity index (χ1n) is 5.45. The summed E-state index contributed by atoms with van der Waals surface area (Å²) in [7, 11) is 0. The minimum Gasteiger partial charge on any atom is -0.346 e. The summed E-state index contributed by atoms with van der Waals surface area (Å²) in [5.41, 5.74) is 0.946. The quantitative estimate of drug-likeness (QED) is 0.940. The summed E-state index contributed by atoms with van der Waals surface area (Å²) in [4.78, 5) is 15.7. The van der Waals surface area contributed by atoms with Gasteiger partial charge in [0.25, 0.3) is 0 Å². The highest BCUT2D eigenvalue weighted by atomic mass is 79.9. The monoisotopic (exact) mass is 309 g/mol. The highest BCUT2D eigenvalue weighted by Crippen LogP contribution is 2.12. The van der Waals surface area contributed by atoms with Gasteiger partial charge in [0, 0.05) is 4.47 Å². The van der Waals surface area contributed by atoms with E-state index >= 15 is 0 Å². The van der Waals surface area contributed by atoms with Crippen molar-refractivity contribution in [3.05, 3.63) is 46.5 Å². The van der Waals surface area contributed by atoms with E-state index < -0.39 is 0 Å². The topological polar surface area (TPSA) is 68.0 Å². The van der Waals surface area contributed by atoms with Crippen LogP contribution in [0.3, 0.4) is 0 Å². The molecule has 1 heterocycles. The van der Waals surface area contributed by atoms with Crippen molar-refractivity contribution >= 4 is 21.8 Å². The summed E-state index contributed by atoms with van der Waals surface area (Å²) in [6.07, 6.45) is 1.56. The molecule has 0 aliphatic heterocycles. The maximum absolute atomic E-state index is 11.8. The number of carbonyl (C=O) groups is 1. The van der Waals surface area contributed by atoms with E-state index in [1.807, 2.05) is 31.2 Å². The van der Waals surface area contributed by atoms with Crippen molar-refractivity contribution in [3.63, 3.8) is 0 Å². The highest BCUT2D eigenvalue weighted by Gasteiger charge is 2.13. The lowest BCUT2D eigenvalue weighted by molar-refractivity contribution is -0.121. The van der Waals surface area contributed by atoms with Gasteiger partial charge in [0.05, 0.1) is 12.5 Å². The van der Waals surface area contributed by atoms with E-state index in [2.05, 4.69) is 35.9 Å². The van der Waals surface area contributed by atoms with Gasteiger partial charge >= 0.3 is 0 Å². The van der Waals surface area contributed by atoms with Crippen LogP contribution in [0.4, 0.5) is 0 Å². The fourth-order valence-electron chi connectivity index (χ4n) is 1.56. The number of amides is 1. The molecule has 2 aromatic rings. The smallest absolute Gasteiger partial charge is 0.225 e. The molecule has 0 spiro atoms. The summed E-state index contributed by atoms with van der Waals surface area (Å²) >= 11 is 3.37. The third-order valence-corrected chi connectivity index (χ3v) is 2.89. The van der Waals surface area contributed by atoms with Crippen LogP contribution in [0.25, 0.3) is 0 Å². The largest absolute Gasteiger partial charge is 0.346 e. The Kier molecular flexibility index (Phi) is 4.09. The number of carbonyl (C=O) groups excluding carboxylic acids is 1. The number of nitrogens with one attached hydrogen (secondary N) is 1. The number of hydrogen-bond donors (Lipinski definition) is 1. The Balaban J connectivity index is 1.93. The van der Waals surface area contributed by atoms with Gasteiger partial charge in [-0.25, -0.2) is 0 Å². The predicted molar refractivity (Wildman–Crippen MR) is 68.7 cm³/mol. The molecule has 0 radical (unpaired) electrons. The average Bonchev–Trinajstić information content (AvgIpc) is 2.81. The van der Waals surface area contributed by atoms with Crippen LogP contribution < -0.4 is 5.32 Å². The summed E-state index contributed by atoms with van der Waals surface area (Å²) < 4.78 is 5.59. The third-order valence-electron chi connectivity index (χ3n) is 2.40. The number of rotatable bonds is 4. The molecular formula is C12H12BrN3O2. The maximum Gasteiger partial charge on any atom is 0.225 e. The Labute approximate surface area is 113 Å². The second-order valence-electron chi connectivity index (χ2n) is 3.89. The van der Waals surface area contributed by atoms with Crippen molar-refractivity contribution in [2.24, 2.45) is 0 Å². The predicted octanol–water partition coefficient (Wildman–Crippen LogP) is 2.25. The summed E-state index contributed by atoms with van der Waals surface area (Å²) in [5.74, 6) is 0.392.